The monoisotopic (exact) mass is 236 g/mol. The second-order valence-corrected chi connectivity index (χ2v) is 3.01. The molecule has 0 unspecified atom stereocenters. The van der Waals surface area contributed by atoms with Gasteiger partial charge in [0, 0.05) is 4.48 Å². The number of hydrogen-bond acceptors (Lipinski definition) is 1. The predicted octanol–water partition coefficient (Wildman–Crippen LogP) is 2.13. The number of carbonyl (C=O) groups is 1. The predicted molar refractivity (Wildman–Crippen MR) is 39.0 cm³/mol. The van der Waals surface area contributed by atoms with Crippen LogP contribution < -0.4 is 0 Å². The molecule has 1 rings (SSSR count). The summed E-state index contributed by atoms with van der Waals surface area (Å²) in [6.07, 6.45) is 3.22. The van der Waals surface area contributed by atoms with Crippen LogP contribution in [0, 0.1) is 0 Å². The molecule has 0 N–H and O–H groups in total. The van der Waals surface area contributed by atoms with Gasteiger partial charge in [-0.15, -0.1) is 0 Å². The Morgan fingerprint density at radius 2 is 1.88 bits per heavy atom. The van der Waals surface area contributed by atoms with Crippen molar-refractivity contribution in [3.05, 3.63) is 21.1 Å². The standard InChI is InChI=1S/C5H2Br2O/c6-3-1-2-4(8)5(3)7/h1-2H. The Balaban J connectivity index is 3.02. The number of hydrogen-bond donors (Lipinski definition) is 0. The Bertz CT molecular complexity index is 187. The molecule has 0 aliphatic heterocycles. The van der Waals surface area contributed by atoms with Crippen LogP contribution in [0.15, 0.2) is 21.1 Å². The van der Waals surface area contributed by atoms with Crippen molar-refractivity contribution in [2.24, 2.45) is 0 Å². The normalized spacial score (nSPS) is 18.5. The Labute approximate surface area is 63.7 Å². The van der Waals surface area contributed by atoms with E-state index in [0.717, 1.165) is 4.48 Å². The third-order valence-electron chi connectivity index (χ3n) is 0.807. The minimum absolute atomic E-state index is 0.0249. The van der Waals surface area contributed by atoms with Gasteiger partial charge in [-0.3, -0.25) is 4.79 Å². The van der Waals surface area contributed by atoms with Crippen LogP contribution in [0.2, 0.25) is 0 Å². The Hall–Kier alpha value is 0.110. The van der Waals surface area contributed by atoms with E-state index in [1.807, 2.05) is 0 Å². The Morgan fingerprint density at radius 1 is 1.25 bits per heavy atom. The molecule has 0 bridgehead atoms. The Morgan fingerprint density at radius 3 is 2.00 bits per heavy atom. The molecule has 1 aliphatic carbocycles. The van der Waals surface area contributed by atoms with Crippen LogP contribution in [0.4, 0.5) is 0 Å². The summed E-state index contributed by atoms with van der Waals surface area (Å²) in [7, 11) is 0. The largest absolute Gasteiger partial charge is 0.289 e. The van der Waals surface area contributed by atoms with E-state index in [1.54, 1.807) is 6.08 Å². The van der Waals surface area contributed by atoms with Crippen molar-refractivity contribution in [3.63, 3.8) is 0 Å². The molecule has 0 aromatic carbocycles. The summed E-state index contributed by atoms with van der Waals surface area (Å²) in [4.78, 5) is 10.6. The van der Waals surface area contributed by atoms with Crippen molar-refractivity contribution in [2.45, 2.75) is 0 Å². The van der Waals surface area contributed by atoms with Crippen LogP contribution >= 0.6 is 31.9 Å². The summed E-state index contributed by atoms with van der Waals surface area (Å²) in [6, 6.07) is 0. The first kappa shape index (κ1) is 6.23. The number of ketones is 1. The average Bonchev–Trinajstić information content (AvgIpc) is 1.98. The highest BCUT2D eigenvalue weighted by Crippen LogP contribution is 2.25. The first-order valence-electron chi connectivity index (χ1n) is 1.99. The molecule has 0 saturated carbocycles. The smallest absolute Gasteiger partial charge is 0.193 e. The molecule has 0 aromatic rings. The van der Waals surface area contributed by atoms with Gasteiger partial charge in [0.25, 0.3) is 0 Å². The fourth-order valence-electron chi connectivity index (χ4n) is 0.413. The minimum Gasteiger partial charge on any atom is -0.289 e. The first-order chi connectivity index (χ1) is 3.72. The maximum atomic E-state index is 10.6. The molecule has 0 saturated heterocycles. The van der Waals surface area contributed by atoms with Gasteiger partial charge in [-0.05, 0) is 44.0 Å². The van der Waals surface area contributed by atoms with Gasteiger partial charge in [0.1, 0.15) is 0 Å². The van der Waals surface area contributed by atoms with Gasteiger partial charge in [0.15, 0.2) is 5.78 Å². The lowest BCUT2D eigenvalue weighted by molar-refractivity contribution is -0.110. The van der Waals surface area contributed by atoms with Gasteiger partial charge in [0.05, 0.1) is 4.48 Å². The zero-order valence-corrected chi connectivity index (χ0v) is 6.99. The van der Waals surface area contributed by atoms with Crippen molar-refractivity contribution < 1.29 is 4.79 Å². The molecule has 8 heavy (non-hydrogen) atoms. The molecular formula is C5H2Br2O. The first-order valence-corrected chi connectivity index (χ1v) is 3.58. The highest BCUT2D eigenvalue weighted by Gasteiger charge is 2.11. The minimum atomic E-state index is 0.0249. The summed E-state index contributed by atoms with van der Waals surface area (Å²) in [5.74, 6) is 0.0249. The van der Waals surface area contributed by atoms with E-state index in [-0.39, 0.29) is 5.78 Å². The van der Waals surface area contributed by atoms with Gasteiger partial charge < -0.3 is 0 Å². The zero-order chi connectivity index (χ0) is 6.15. The van der Waals surface area contributed by atoms with Gasteiger partial charge in [0.2, 0.25) is 0 Å². The number of halogens is 2. The number of allylic oxidation sites excluding steroid dienone is 4. The van der Waals surface area contributed by atoms with Crippen LogP contribution in [0.1, 0.15) is 0 Å². The van der Waals surface area contributed by atoms with E-state index in [1.165, 1.54) is 6.08 Å². The summed E-state index contributed by atoms with van der Waals surface area (Å²) in [5.41, 5.74) is 0. The molecule has 1 nitrogen and oxygen atoms in total. The molecule has 1 aliphatic rings. The summed E-state index contributed by atoms with van der Waals surface area (Å²) >= 11 is 6.26. The van der Waals surface area contributed by atoms with Crippen LogP contribution in [-0.4, -0.2) is 5.78 Å². The molecule has 0 aromatic heterocycles. The van der Waals surface area contributed by atoms with Crippen LogP contribution in [0.25, 0.3) is 0 Å². The van der Waals surface area contributed by atoms with E-state index in [9.17, 15) is 4.79 Å². The highest BCUT2D eigenvalue weighted by molar-refractivity contribution is 9.14. The number of carbonyl (C=O) groups excluding carboxylic acids is 1. The van der Waals surface area contributed by atoms with Gasteiger partial charge in [-0.25, -0.2) is 0 Å². The SMILES string of the molecule is O=C1C=CC(Br)=C1Br. The van der Waals surface area contributed by atoms with Crippen LogP contribution in [0.5, 0.6) is 0 Å². The lowest BCUT2D eigenvalue weighted by atomic mass is 10.4. The zero-order valence-electron chi connectivity index (χ0n) is 3.82. The second-order valence-electron chi connectivity index (χ2n) is 1.36. The lowest BCUT2D eigenvalue weighted by Crippen LogP contribution is -1.84. The molecule has 3 heteroatoms. The average molecular weight is 238 g/mol. The Kier molecular flexibility index (Phi) is 1.68. The van der Waals surface area contributed by atoms with E-state index in [0.29, 0.717) is 4.48 Å². The van der Waals surface area contributed by atoms with E-state index in [4.69, 9.17) is 0 Å². The maximum Gasteiger partial charge on any atom is 0.193 e. The quantitative estimate of drug-likeness (QED) is 0.631. The topological polar surface area (TPSA) is 17.1 Å². The third kappa shape index (κ3) is 0.928. The van der Waals surface area contributed by atoms with Crippen molar-refractivity contribution in [1.29, 1.82) is 0 Å². The fraction of sp³-hybridized carbons (Fsp3) is 0. The van der Waals surface area contributed by atoms with E-state index < -0.39 is 0 Å². The van der Waals surface area contributed by atoms with Crippen LogP contribution in [0.3, 0.4) is 0 Å². The maximum absolute atomic E-state index is 10.6. The molecule has 0 heterocycles. The molecule has 0 fully saturated rings. The fourth-order valence-corrected chi connectivity index (χ4v) is 1.00. The second kappa shape index (κ2) is 2.15. The molecule has 0 amide bonds. The van der Waals surface area contributed by atoms with Crippen molar-refractivity contribution in [1.82, 2.24) is 0 Å². The van der Waals surface area contributed by atoms with Crippen LogP contribution in [-0.2, 0) is 4.79 Å². The molecule has 0 radical (unpaired) electrons. The molecular weight excluding hydrogens is 236 g/mol. The van der Waals surface area contributed by atoms with Gasteiger partial charge in [-0.1, -0.05) is 0 Å². The molecule has 0 atom stereocenters. The summed E-state index contributed by atoms with van der Waals surface area (Å²) < 4.78 is 1.43. The van der Waals surface area contributed by atoms with Crippen molar-refractivity contribution >= 4 is 37.6 Å². The lowest BCUT2D eigenvalue weighted by Gasteiger charge is -1.82. The van der Waals surface area contributed by atoms with Gasteiger partial charge >= 0.3 is 0 Å². The number of rotatable bonds is 0. The summed E-state index contributed by atoms with van der Waals surface area (Å²) in [6.45, 7) is 0. The summed E-state index contributed by atoms with van der Waals surface area (Å²) in [5, 5.41) is 0. The van der Waals surface area contributed by atoms with Crippen molar-refractivity contribution in [2.75, 3.05) is 0 Å². The van der Waals surface area contributed by atoms with Crippen molar-refractivity contribution in [3.8, 4) is 0 Å². The molecule has 0 spiro atoms. The van der Waals surface area contributed by atoms with E-state index in [2.05, 4.69) is 31.9 Å². The van der Waals surface area contributed by atoms with E-state index >= 15 is 0 Å². The highest BCUT2D eigenvalue weighted by atomic mass is 79.9. The molecule has 42 valence electrons. The van der Waals surface area contributed by atoms with Gasteiger partial charge in [-0.2, -0.15) is 0 Å². The third-order valence-corrected chi connectivity index (χ3v) is 2.82.